The summed E-state index contributed by atoms with van der Waals surface area (Å²) in [4.78, 5) is 24.9. The third-order valence-corrected chi connectivity index (χ3v) is 6.18. The Morgan fingerprint density at radius 1 is 0.921 bits per heavy atom. The summed E-state index contributed by atoms with van der Waals surface area (Å²) in [5.74, 6) is 0.120. The van der Waals surface area contributed by atoms with Crippen LogP contribution in [0.15, 0.2) is 89.5 Å². The summed E-state index contributed by atoms with van der Waals surface area (Å²) < 4.78 is 16.0. The van der Waals surface area contributed by atoms with Crippen LogP contribution < -0.4 is 10.6 Å². The minimum atomic E-state index is -0.595. The predicted molar refractivity (Wildman–Crippen MR) is 144 cm³/mol. The van der Waals surface area contributed by atoms with E-state index < -0.39 is 18.2 Å². The second-order valence-corrected chi connectivity index (χ2v) is 8.90. The van der Waals surface area contributed by atoms with Crippen molar-refractivity contribution in [1.82, 2.24) is 10.5 Å². The maximum absolute atomic E-state index is 12.6. The highest BCUT2D eigenvalue weighted by molar-refractivity contribution is 5.90. The quantitative estimate of drug-likeness (QED) is 0.257. The molecule has 4 aromatic rings. The van der Waals surface area contributed by atoms with Gasteiger partial charge < -0.3 is 19.3 Å². The molecule has 8 nitrogen and oxygen atoms in total. The van der Waals surface area contributed by atoms with E-state index in [9.17, 15) is 9.59 Å². The van der Waals surface area contributed by atoms with Crippen LogP contribution >= 0.6 is 0 Å². The van der Waals surface area contributed by atoms with E-state index in [2.05, 4.69) is 15.8 Å². The number of hydrogen-bond acceptors (Lipinski definition) is 7. The molecular weight excluding hydrogens is 482 g/mol. The lowest BCUT2D eigenvalue weighted by Crippen LogP contribution is -2.39. The molecule has 0 radical (unpaired) electrons. The second-order valence-electron chi connectivity index (χ2n) is 8.90. The number of hydrogen-bond donors (Lipinski definition) is 2. The zero-order chi connectivity index (χ0) is 26.9. The number of aryl methyl sites for hydroxylation is 1. The van der Waals surface area contributed by atoms with Crippen molar-refractivity contribution in [3.63, 3.8) is 0 Å². The molecule has 0 spiro atoms. The summed E-state index contributed by atoms with van der Waals surface area (Å²) in [5.41, 5.74) is 4.65. The van der Waals surface area contributed by atoms with E-state index >= 15 is 0 Å². The highest BCUT2D eigenvalue weighted by Crippen LogP contribution is 2.31. The van der Waals surface area contributed by atoms with Crippen molar-refractivity contribution < 1.29 is 23.6 Å². The molecule has 1 amide bonds. The number of esters is 1. The fourth-order valence-electron chi connectivity index (χ4n) is 4.04. The number of nitrogens with zero attached hydrogens (tertiary/aromatic N) is 1. The molecule has 0 aliphatic heterocycles. The van der Waals surface area contributed by atoms with Crippen LogP contribution in [0, 0.1) is 6.92 Å². The number of benzene rings is 3. The first-order valence-corrected chi connectivity index (χ1v) is 12.4. The first kappa shape index (κ1) is 26.6. The lowest BCUT2D eigenvalue weighted by Gasteiger charge is -2.17. The molecule has 0 bridgehead atoms. The van der Waals surface area contributed by atoms with Crippen LogP contribution in [-0.2, 0) is 27.2 Å². The summed E-state index contributed by atoms with van der Waals surface area (Å²) in [6.07, 6.45) is -0.485. The maximum atomic E-state index is 12.6. The number of ether oxygens (including phenoxy) is 2. The van der Waals surface area contributed by atoms with Gasteiger partial charge in [-0.05, 0) is 37.0 Å². The van der Waals surface area contributed by atoms with Gasteiger partial charge in [-0.3, -0.25) is 10.1 Å². The summed E-state index contributed by atoms with van der Waals surface area (Å²) in [7, 11) is 1.39. The average Bonchev–Trinajstić information content (AvgIpc) is 3.31. The van der Waals surface area contributed by atoms with Gasteiger partial charge in [0.15, 0.2) is 5.76 Å². The lowest BCUT2D eigenvalue weighted by molar-refractivity contribution is -0.143. The molecule has 8 heteroatoms. The largest absolute Gasteiger partial charge is 0.468 e. The third-order valence-electron chi connectivity index (χ3n) is 6.18. The Morgan fingerprint density at radius 3 is 2.24 bits per heavy atom. The van der Waals surface area contributed by atoms with Crippen molar-refractivity contribution in [2.75, 3.05) is 12.4 Å². The van der Waals surface area contributed by atoms with Crippen molar-refractivity contribution >= 4 is 17.7 Å². The first-order valence-electron chi connectivity index (χ1n) is 12.4. The van der Waals surface area contributed by atoms with Gasteiger partial charge >= 0.3 is 12.1 Å². The van der Waals surface area contributed by atoms with E-state index in [4.69, 9.17) is 14.0 Å². The Hall–Kier alpha value is -4.43. The Kier molecular flexibility index (Phi) is 8.89. The number of amides is 1. The molecule has 196 valence electrons. The minimum Gasteiger partial charge on any atom is -0.468 e. The molecule has 1 heterocycles. The number of nitrogens with one attached hydrogen (secondary N) is 2. The molecular formula is C30H31N3O5. The van der Waals surface area contributed by atoms with Gasteiger partial charge in [-0.2, -0.15) is 0 Å². The molecule has 0 saturated heterocycles. The standard InChI is InChI=1S/C30H31N3O5/c1-20-27(32-30(35)37-21(2)24-12-8-5-9-13-24)28(38-33-20)25-16-14-23(15-17-25)19-31-26(29(34)36-3)18-22-10-6-4-7-11-22/h4-17,21,26,31H,18-19H2,1-3H3,(H,32,35)/t21?,26-/m1/s1. The van der Waals surface area contributed by atoms with Crippen LogP contribution in [0.3, 0.4) is 0 Å². The van der Waals surface area contributed by atoms with Crippen LogP contribution in [-0.4, -0.2) is 30.4 Å². The number of aromatic nitrogens is 1. The van der Waals surface area contributed by atoms with Crippen molar-refractivity contribution in [1.29, 1.82) is 0 Å². The zero-order valence-corrected chi connectivity index (χ0v) is 21.6. The first-order chi connectivity index (χ1) is 18.4. The fraction of sp³-hybridized carbons (Fsp3) is 0.233. The summed E-state index contributed by atoms with van der Waals surface area (Å²) in [6, 6.07) is 26.4. The van der Waals surface area contributed by atoms with E-state index in [1.54, 1.807) is 6.92 Å². The van der Waals surface area contributed by atoms with Gasteiger partial charge in [0.25, 0.3) is 0 Å². The number of rotatable bonds is 10. The van der Waals surface area contributed by atoms with Crippen molar-refractivity contribution in [2.45, 2.75) is 39.0 Å². The molecule has 3 aromatic carbocycles. The van der Waals surface area contributed by atoms with Crippen LogP contribution in [0.5, 0.6) is 0 Å². The van der Waals surface area contributed by atoms with Crippen LogP contribution in [0.4, 0.5) is 10.5 Å². The van der Waals surface area contributed by atoms with Crippen LogP contribution in [0.25, 0.3) is 11.3 Å². The highest BCUT2D eigenvalue weighted by atomic mass is 16.6. The summed E-state index contributed by atoms with van der Waals surface area (Å²) in [5, 5.41) is 10.1. The Bertz CT molecular complexity index is 1340. The number of carbonyl (C=O) groups excluding carboxylic acids is 2. The van der Waals surface area contributed by atoms with Gasteiger partial charge in [0, 0.05) is 12.1 Å². The highest BCUT2D eigenvalue weighted by Gasteiger charge is 2.21. The smallest absolute Gasteiger partial charge is 0.412 e. The molecule has 2 N–H and O–H groups in total. The molecule has 2 atom stereocenters. The van der Waals surface area contributed by atoms with Gasteiger partial charge in [-0.15, -0.1) is 0 Å². The van der Waals surface area contributed by atoms with Gasteiger partial charge in [0.1, 0.15) is 23.5 Å². The van der Waals surface area contributed by atoms with Crippen molar-refractivity contribution in [3.8, 4) is 11.3 Å². The zero-order valence-electron chi connectivity index (χ0n) is 21.6. The molecule has 1 aromatic heterocycles. The lowest BCUT2D eigenvalue weighted by atomic mass is 10.0. The van der Waals surface area contributed by atoms with Crippen molar-refractivity contribution in [2.24, 2.45) is 0 Å². The summed E-state index contributed by atoms with van der Waals surface area (Å²) in [6.45, 7) is 4.03. The third kappa shape index (κ3) is 6.86. The fourth-order valence-corrected chi connectivity index (χ4v) is 4.04. The molecule has 0 aliphatic carbocycles. The summed E-state index contributed by atoms with van der Waals surface area (Å²) >= 11 is 0. The molecule has 0 saturated carbocycles. The van der Waals surface area contributed by atoms with E-state index in [0.29, 0.717) is 30.1 Å². The average molecular weight is 514 g/mol. The van der Waals surface area contributed by atoms with E-state index in [0.717, 1.165) is 22.3 Å². The van der Waals surface area contributed by atoms with Gasteiger partial charge in [-0.25, -0.2) is 4.79 Å². The predicted octanol–water partition coefficient (Wildman–Crippen LogP) is 5.83. The van der Waals surface area contributed by atoms with E-state index in [1.807, 2.05) is 91.9 Å². The molecule has 38 heavy (non-hydrogen) atoms. The van der Waals surface area contributed by atoms with Crippen LogP contribution in [0.2, 0.25) is 0 Å². The Balaban J connectivity index is 1.40. The Labute approximate surface area is 222 Å². The number of methoxy groups -OCH3 is 1. The SMILES string of the molecule is COC(=O)[C@@H](Cc1ccccc1)NCc1ccc(-c2onc(C)c2NC(=O)OC(C)c2ccccc2)cc1. The van der Waals surface area contributed by atoms with Crippen LogP contribution in [0.1, 0.15) is 35.4 Å². The van der Waals surface area contributed by atoms with E-state index in [1.165, 1.54) is 7.11 Å². The Morgan fingerprint density at radius 2 is 1.58 bits per heavy atom. The number of anilines is 1. The molecule has 4 rings (SSSR count). The number of carbonyl (C=O) groups is 2. The van der Waals surface area contributed by atoms with E-state index in [-0.39, 0.29) is 5.97 Å². The molecule has 1 unspecified atom stereocenters. The molecule has 0 fully saturated rings. The van der Waals surface area contributed by atoms with Gasteiger partial charge in [0.05, 0.1) is 7.11 Å². The van der Waals surface area contributed by atoms with Gasteiger partial charge in [-0.1, -0.05) is 90.1 Å². The minimum absolute atomic E-state index is 0.313. The van der Waals surface area contributed by atoms with Gasteiger partial charge in [0.2, 0.25) is 0 Å². The normalized spacial score (nSPS) is 12.4. The topological polar surface area (TPSA) is 103 Å². The van der Waals surface area contributed by atoms with Crippen molar-refractivity contribution in [3.05, 3.63) is 107 Å². The monoisotopic (exact) mass is 513 g/mol. The second kappa shape index (κ2) is 12.7. The maximum Gasteiger partial charge on any atom is 0.412 e. The molecule has 0 aliphatic rings.